The summed E-state index contributed by atoms with van der Waals surface area (Å²) in [4.78, 5) is 0. The lowest BCUT2D eigenvalue weighted by molar-refractivity contribution is 0.0797. The first-order chi connectivity index (χ1) is 7.40. The summed E-state index contributed by atoms with van der Waals surface area (Å²) in [5, 5.41) is 3.48. The molecular formula is C13H25NO. The molecule has 0 radical (unpaired) electrons. The van der Waals surface area contributed by atoms with Crippen LogP contribution in [0.5, 0.6) is 0 Å². The van der Waals surface area contributed by atoms with Crippen LogP contribution in [0.15, 0.2) is 0 Å². The molecule has 2 fully saturated rings. The molecule has 0 bridgehead atoms. The van der Waals surface area contributed by atoms with Crippen molar-refractivity contribution in [3.63, 3.8) is 0 Å². The lowest BCUT2D eigenvalue weighted by Crippen LogP contribution is -2.35. The summed E-state index contributed by atoms with van der Waals surface area (Å²) in [5.74, 6) is 1.96. The molecule has 2 nitrogen and oxygen atoms in total. The maximum Gasteiger partial charge on any atom is 0.0576 e. The number of ether oxygens (including phenoxy) is 1. The Morgan fingerprint density at radius 1 is 1.13 bits per heavy atom. The largest absolute Gasteiger partial charge is 0.378 e. The third kappa shape index (κ3) is 3.18. The Morgan fingerprint density at radius 2 is 2.00 bits per heavy atom. The van der Waals surface area contributed by atoms with Crippen LogP contribution in [0.25, 0.3) is 0 Å². The van der Waals surface area contributed by atoms with Crippen LogP contribution in [0.1, 0.15) is 45.4 Å². The minimum Gasteiger partial charge on any atom is -0.378 e. The molecule has 88 valence electrons. The highest BCUT2D eigenvalue weighted by Gasteiger charge is 2.30. The van der Waals surface area contributed by atoms with Gasteiger partial charge in [0.05, 0.1) is 6.10 Å². The van der Waals surface area contributed by atoms with Crippen molar-refractivity contribution in [1.29, 1.82) is 0 Å². The van der Waals surface area contributed by atoms with Crippen LogP contribution in [-0.4, -0.2) is 25.8 Å². The van der Waals surface area contributed by atoms with Crippen molar-refractivity contribution < 1.29 is 4.74 Å². The lowest BCUT2D eigenvalue weighted by atomic mass is 9.71. The molecule has 2 aliphatic rings. The van der Waals surface area contributed by atoms with Gasteiger partial charge in [-0.05, 0) is 63.5 Å². The highest BCUT2D eigenvalue weighted by molar-refractivity contribution is 4.83. The summed E-state index contributed by atoms with van der Waals surface area (Å²) < 4.78 is 5.67. The fraction of sp³-hybridized carbons (Fsp3) is 1.00. The van der Waals surface area contributed by atoms with Crippen LogP contribution >= 0.6 is 0 Å². The average Bonchev–Trinajstić information content (AvgIpc) is 2.70. The Kier molecular flexibility index (Phi) is 4.45. The van der Waals surface area contributed by atoms with Crippen LogP contribution in [0.2, 0.25) is 0 Å². The highest BCUT2D eigenvalue weighted by Crippen LogP contribution is 2.38. The van der Waals surface area contributed by atoms with Gasteiger partial charge in [0.1, 0.15) is 0 Å². The summed E-state index contributed by atoms with van der Waals surface area (Å²) in [6, 6.07) is 0. The molecule has 1 saturated heterocycles. The van der Waals surface area contributed by atoms with E-state index in [1.807, 2.05) is 0 Å². The van der Waals surface area contributed by atoms with Crippen LogP contribution in [0.4, 0.5) is 0 Å². The summed E-state index contributed by atoms with van der Waals surface area (Å²) >= 11 is 0. The second-order valence-electron chi connectivity index (χ2n) is 5.12. The first kappa shape index (κ1) is 11.4. The summed E-state index contributed by atoms with van der Waals surface area (Å²) in [7, 11) is 0. The third-order valence-corrected chi connectivity index (χ3v) is 4.11. The van der Waals surface area contributed by atoms with Crippen molar-refractivity contribution >= 4 is 0 Å². The van der Waals surface area contributed by atoms with Gasteiger partial charge in [-0.3, -0.25) is 0 Å². The van der Waals surface area contributed by atoms with E-state index < -0.39 is 0 Å². The van der Waals surface area contributed by atoms with Gasteiger partial charge < -0.3 is 10.1 Å². The topological polar surface area (TPSA) is 21.3 Å². The van der Waals surface area contributed by atoms with Crippen LogP contribution in [0.3, 0.4) is 0 Å². The van der Waals surface area contributed by atoms with Crippen LogP contribution in [0, 0.1) is 11.8 Å². The van der Waals surface area contributed by atoms with Crippen molar-refractivity contribution in [2.75, 3.05) is 19.7 Å². The van der Waals surface area contributed by atoms with Gasteiger partial charge in [0, 0.05) is 6.61 Å². The minimum absolute atomic E-state index is 0.602. The maximum atomic E-state index is 5.67. The van der Waals surface area contributed by atoms with Gasteiger partial charge >= 0.3 is 0 Å². The molecule has 2 heteroatoms. The van der Waals surface area contributed by atoms with E-state index >= 15 is 0 Å². The molecule has 2 rings (SSSR count). The summed E-state index contributed by atoms with van der Waals surface area (Å²) in [6.07, 6.45) is 8.83. The van der Waals surface area contributed by atoms with E-state index in [1.54, 1.807) is 0 Å². The number of rotatable bonds is 6. The molecule has 3 unspecified atom stereocenters. The normalized spacial score (nSPS) is 35.4. The second kappa shape index (κ2) is 5.86. The Morgan fingerprint density at radius 3 is 2.60 bits per heavy atom. The molecule has 1 N–H and O–H groups in total. The Bertz CT molecular complexity index is 177. The predicted molar refractivity (Wildman–Crippen MR) is 63.0 cm³/mol. The van der Waals surface area contributed by atoms with Gasteiger partial charge in [-0.2, -0.15) is 0 Å². The van der Waals surface area contributed by atoms with Gasteiger partial charge in [0.25, 0.3) is 0 Å². The van der Waals surface area contributed by atoms with E-state index in [4.69, 9.17) is 4.74 Å². The second-order valence-corrected chi connectivity index (χ2v) is 5.12. The molecule has 0 amide bonds. The molecule has 1 heterocycles. The van der Waals surface area contributed by atoms with E-state index in [9.17, 15) is 0 Å². The fourth-order valence-corrected chi connectivity index (χ4v) is 2.89. The molecule has 1 aliphatic carbocycles. The fourth-order valence-electron chi connectivity index (χ4n) is 2.89. The van der Waals surface area contributed by atoms with Crippen molar-refractivity contribution in [1.82, 2.24) is 5.32 Å². The van der Waals surface area contributed by atoms with E-state index in [0.29, 0.717) is 6.10 Å². The quantitative estimate of drug-likeness (QED) is 0.729. The molecule has 0 spiro atoms. The van der Waals surface area contributed by atoms with E-state index in [2.05, 4.69) is 12.2 Å². The van der Waals surface area contributed by atoms with Crippen molar-refractivity contribution in [2.45, 2.75) is 51.6 Å². The van der Waals surface area contributed by atoms with Crippen LogP contribution in [-0.2, 0) is 4.74 Å². The Balaban J connectivity index is 1.58. The Labute approximate surface area is 93.8 Å². The Hall–Kier alpha value is -0.0800. The zero-order valence-electron chi connectivity index (χ0n) is 10.0. The van der Waals surface area contributed by atoms with Gasteiger partial charge in [0.15, 0.2) is 0 Å². The predicted octanol–water partition coefficient (Wildman–Crippen LogP) is 2.58. The summed E-state index contributed by atoms with van der Waals surface area (Å²) in [6.45, 7) is 5.57. The molecule has 1 saturated carbocycles. The first-order valence-electron chi connectivity index (χ1n) is 6.72. The monoisotopic (exact) mass is 211 g/mol. The number of hydrogen-bond acceptors (Lipinski definition) is 2. The standard InChI is InChI=1S/C13H25NO/c1-2-14-10-12-6-5-11(12)7-8-13-4-3-9-15-13/h11-14H,2-10H2,1H3. The minimum atomic E-state index is 0.602. The lowest BCUT2D eigenvalue weighted by Gasteiger charge is -2.37. The third-order valence-electron chi connectivity index (χ3n) is 4.11. The zero-order chi connectivity index (χ0) is 10.5. The molecule has 0 aromatic rings. The molecule has 1 aliphatic heterocycles. The number of hydrogen-bond donors (Lipinski definition) is 1. The van der Waals surface area contributed by atoms with Crippen LogP contribution < -0.4 is 5.32 Å². The van der Waals surface area contributed by atoms with Gasteiger partial charge in [-0.15, -0.1) is 0 Å². The maximum absolute atomic E-state index is 5.67. The molecular weight excluding hydrogens is 186 g/mol. The molecule has 0 aromatic heterocycles. The first-order valence-corrected chi connectivity index (χ1v) is 6.72. The van der Waals surface area contributed by atoms with Crippen molar-refractivity contribution in [3.05, 3.63) is 0 Å². The number of nitrogens with one attached hydrogen (secondary N) is 1. The van der Waals surface area contributed by atoms with Gasteiger partial charge in [-0.1, -0.05) is 6.92 Å². The SMILES string of the molecule is CCNCC1CCC1CCC1CCCO1. The van der Waals surface area contributed by atoms with E-state index in [-0.39, 0.29) is 0 Å². The molecule has 0 aromatic carbocycles. The highest BCUT2D eigenvalue weighted by atomic mass is 16.5. The van der Waals surface area contributed by atoms with E-state index in [0.717, 1.165) is 25.0 Å². The van der Waals surface area contributed by atoms with E-state index in [1.165, 1.54) is 45.1 Å². The smallest absolute Gasteiger partial charge is 0.0576 e. The zero-order valence-corrected chi connectivity index (χ0v) is 10.0. The van der Waals surface area contributed by atoms with Gasteiger partial charge in [-0.25, -0.2) is 0 Å². The molecule has 3 atom stereocenters. The van der Waals surface area contributed by atoms with Gasteiger partial charge in [0.2, 0.25) is 0 Å². The average molecular weight is 211 g/mol. The van der Waals surface area contributed by atoms with Crippen molar-refractivity contribution in [3.8, 4) is 0 Å². The van der Waals surface area contributed by atoms with Crippen molar-refractivity contribution in [2.24, 2.45) is 11.8 Å². The summed E-state index contributed by atoms with van der Waals surface area (Å²) in [5.41, 5.74) is 0. The molecule has 15 heavy (non-hydrogen) atoms.